The summed E-state index contributed by atoms with van der Waals surface area (Å²) in [7, 11) is 7.39. The summed E-state index contributed by atoms with van der Waals surface area (Å²) in [6, 6.07) is 16.1. The average molecular weight is 653 g/mol. The van der Waals surface area contributed by atoms with Crippen LogP contribution >= 0.6 is 0 Å². The van der Waals surface area contributed by atoms with Gasteiger partial charge in [-0.25, -0.2) is 0 Å². The van der Waals surface area contributed by atoms with Crippen LogP contribution in [0.5, 0.6) is 28.7 Å². The van der Waals surface area contributed by atoms with Gasteiger partial charge >= 0.3 is 0 Å². The summed E-state index contributed by atoms with van der Waals surface area (Å²) in [6.07, 6.45) is 20.7. The van der Waals surface area contributed by atoms with Crippen molar-refractivity contribution in [3.63, 3.8) is 0 Å². The van der Waals surface area contributed by atoms with Crippen LogP contribution in [0.15, 0.2) is 60.9 Å². The minimum atomic E-state index is 0.564. The van der Waals surface area contributed by atoms with Crippen molar-refractivity contribution in [3.05, 3.63) is 83.2 Å². The molecule has 0 spiro atoms. The molecule has 7 nitrogen and oxygen atoms in total. The van der Waals surface area contributed by atoms with Crippen LogP contribution in [-0.2, 0) is 0 Å². The molecular weight excluding hydrogens is 605 g/mol. The Hall–Kier alpha value is -4.56. The summed E-state index contributed by atoms with van der Waals surface area (Å²) in [5.41, 5.74) is 5.61. The van der Waals surface area contributed by atoms with E-state index in [2.05, 4.69) is 35.1 Å². The highest BCUT2D eigenvalue weighted by atomic mass is 28.1. The SMILES string of the molecule is CCCCCCCCCOc1c([SiH3])cc(/C=C/c2ccnc(-c3cc(/C=C/c4cc(OC)c(OC)c(OC)c4)ccn3)c2)cc1OC. The van der Waals surface area contributed by atoms with E-state index in [1.807, 2.05) is 60.8 Å². The van der Waals surface area contributed by atoms with Gasteiger partial charge < -0.3 is 23.7 Å². The number of ether oxygens (including phenoxy) is 5. The first-order chi connectivity index (χ1) is 23.0. The largest absolute Gasteiger partial charge is 0.493 e. The van der Waals surface area contributed by atoms with Crippen molar-refractivity contribution >= 4 is 39.7 Å². The first kappa shape index (κ1) is 35.3. The number of nitrogens with zero attached hydrogens (tertiary/aromatic N) is 2. The van der Waals surface area contributed by atoms with Gasteiger partial charge in [0.25, 0.3) is 0 Å². The Morgan fingerprint density at radius 2 is 1.02 bits per heavy atom. The molecule has 0 saturated heterocycles. The van der Waals surface area contributed by atoms with E-state index in [4.69, 9.17) is 23.7 Å². The van der Waals surface area contributed by atoms with Gasteiger partial charge in [0.1, 0.15) is 0 Å². The molecule has 248 valence electrons. The first-order valence-electron chi connectivity index (χ1n) is 16.4. The van der Waals surface area contributed by atoms with Crippen LogP contribution in [0, 0.1) is 0 Å². The second-order valence-corrected chi connectivity index (χ2v) is 12.5. The zero-order valence-electron chi connectivity index (χ0n) is 28.7. The Morgan fingerprint density at radius 3 is 1.53 bits per heavy atom. The highest BCUT2D eigenvalue weighted by molar-refractivity contribution is 6.34. The van der Waals surface area contributed by atoms with Crippen molar-refractivity contribution < 1.29 is 23.7 Å². The van der Waals surface area contributed by atoms with Crippen LogP contribution in [0.25, 0.3) is 35.7 Å². The van der Waals surface area contributed by atoms with Gasteiger partial charge in [0, 0.05) is 22.6 Å². The lowest BCUT2D eigenvalue weighted by atomic mass is 10.1. The molecule has 4 rings (SSSR count). The van der Waals surface area contributed by atoms with Gasteiger partial charge in [-0.3, -0.25) is 9.97 Å². The minimum Gasteiger partial charge on any atom is -0.493 e. The molecule has 0 aliphatic carbocycles. The fraction of sp³-hybridized carbons (Fsp3) is 0.333. The molecule has 0 saturated carbocycles. The Labute approximate surface area is 283 Å². The number of pyridine rings is 2. The van der Waals surface area contributed by atoms with Gasteiger partial charge in [0.2, 0.25) is 5.75 Å². The lowest BCUT2D eigenvalue weighted by Crippen LogP contribution is -2.12. The van der Waals surface area contributed by atoms with Crippen LogP contribution in [0.4, 0.5) is 0 Å². The van der Waals surface area contributed by atoms with E-state index < -0.39 is 0 Å². The maximum atomic E-state index is 6.20. The van der Waals surface area contributed by atoms with Gasteiger partial charge in [0.05, 0.1) is 46.4 Å². The molecule has 8 heteroatoms. The standard InChI is InChI=1S/C39H48N2O5Si/c1-6-7-8-9-10-11-12-21-46-39-36(44-4)26-31(27-37(39)47)16-14-29-18-20-41-33(23-29)32-22-28(17-19-40-32)13-15-30-24-34(42-2)38(45-5)35(25-30)43-3/h13-20,22-27H,6-12,21H2,1-5,47H3/b15-13+,16-14+. The second-order valence-electron chi connectivity index (χ2n) is 11.4. The highest BCUT2D eigenvalue weighted by Gasteiger charge is 2.13. The Kier molecular flexibility index (Phi) is 13.9. The average Bonchev–Trinajstić information content (AvgIpc) is 3.11. The summed E-state index contributed by atoms with van der Waals surface area (Å²) >= 11 is 0. The fourth-order valence-electron chi connectivity index (χ4n) is 5.40. The van der Waals surface area contributed by atoms with Crippen molar-refractivity contribution in [3.8, 4) is 40.1 Å². The van der Waals surface area contributed by atoms with Crippen molar-refractivity contribution in [2.75, 3.05) is 35.0 Å². The Morgan fingerprint density at radius 1 is 0.553 bits per heavy atom. The molecule has 0 bridgehead atoms. The molecule has 0 unspecified atom stereocenters. The third kappa shape index (κ3) is 10.2. The number of hydrogen-bond donors (Lipinski definition) is 0. The molecule has 0 radical (unpaired) electrons. The zero-order chi connectivity index (χ0) is 33.4. The van der Waals surface area contributed by atoms with Crippen LogP contribution in [-0.4, -0.2) is 55.3 Å². The summed E-state index contributed by atoms with van der Waals surface area (Å²) < 4.78 is 28.4. The van der Waals surface area contributed by atoms with Crippen LogP contribution in [0.1, 0.15) is 74.1 Å². The number of aromatic nitrogens is 2. The van der Waals surface area contributed by atoms with Gasteiger partial charge in [-0.15, -0.1) is 0 Å². The number of methoxy groups -OCH3 is 4. The Bertz CT molecular complexity index is 1630. The summed E-state index contributed by atoms with van der Waals surface area (Å²) in [4.78, 5) is 9.20. The van der Waals surface area contributed by atoms with Gasteiger partial charge in [0.15, 0.2) is 23.0 Å². The van der Waals surface area contributed by atoms with E-state index in [0.29, 0.717) is 17.2 Å². The smallest absolute Gasteiger partial charge is 0.203 e. The van der Waals surface area contributed by atoms with Crippen LogP contribution in [0.3, 0.4) is 0 Å². The molecule has 0 atom stereocenters. The quantitative estimate of drug-likeness (QED) is 0.0808. The normalized spacial score (nSPS) is 11.3. The second kappa shape index (κ2) is 18.5. The van der Waals surface area contributed by atoms with Crippen molar-refractivity contribution in [2.45, 2.75) is 51.9 Å². The van der Waals surface area contributed by atoms with E-state index in [-0.39, 0.29) is 0 Å². The minimum absolute atomic E-state index is 0.564. The molecular formula is C39H48N2O5Si. The monoisotopic (exact) mass is 652 g/mol. The van der Waals surface area contributed by atoms with Crippen molar-refractivity contribution in [1.29, 1.82) is 0 Å². The maximum Gasteiger partial charge on any atom is 0.203 e. The maximum absolute atomic E-state index is 6.20. The number of unbranched alkanes of at least 4 members (excludes halogenated alkanes) is 6. The fourth-order valence-corrected chi connectivity index (χ4v) is 6.12. The highest BCUT2D eigenvalue weighted by Crippen LogP contribution is 2.38. The van der Waals surface area contributed by atoms with Gasteiger partial charge in [-0.1, -0.05) is 75.8 Å². The van der Waals surface area contributed by atoms with E-state index in [1.54, 1.807) is 34.6 Å². The van der Waals surface area contributed by atoms with E-state index >= 15 is 0 Å². The molecule has 0 N–H and O–H groups in total. The first-order valence-corrected chi connectivity index (χ1v) is 17.4. The molecule has 2 heterocycles. The summed E-state index contributed by atoms with van der Waals surface area (Å²) in [5, 5.41) is 1.20. The lowest BCUT2D eigenvalue weighted by molar-refractivity contribution is 0.287. The van der Waals surface area contributed by atoms with E-state index in [0.717, 1.165) is 68.4 Å². The predicted octanol–water partition coefficient (Wildman–Crippen LogP) is 7.64. The van der Waals surface area contributed by atoms with E-state index in [9.17, 15) is 0 Å². The number of benzene rings is 2. The third-order valence-corrected chi connectivity index (χ3v) is 8.67. The molecule has 0 amide bonds. The molecule has 2 aromatic carbocycles. The lowest BCUT2D eigenvalue weighted by Gasteiger charge is -2.14. The molecule has 4 aromatic rings. The van der Waals surface area contributed by atoms with E-state index in [1.165, 1.54) is 43.7 Å². The van der Waals surface area contributed by atoms with Crippen molar-refractivity contribution in [1.82, 2.24) is 9.97 Å². The third-order valence-electron chi connectivity index (χ3n) is 7.93. The topological polar surface area (TPSA) is 71.9 Å². The Balaban J connectivity index is 1.43. The predicted molar refractivity (Wildman–Crippen MR) is 197 cm³/mol. The van der Waals surface area contributed by atoms with Gasteiger partial charge in [-0.2, -0.15) is 0 Å². The van der Waals surface area contributed by atoms with Crippen LogP contribution in [0.2, 0.25) is 0 Å². The molecule has 0 aliphatic rings. The molecule has 0 aliphatic heterocycles. The zero-order valence-corrected chi connectivity index (χ0v) is 30.7. The molecule has 47 heavy (non-hydrogen) atoms. The molecule has 0 fully saturated rings. The number of hydrogen-bond acceptors (Lipinski definition) is 7. The van der Waals surface area contributed by atoms with Crippen molar-refractivity contribution in [2.24, 2.45) is 0 Å². The summed E-state index contributed by atoms with van der Waals surface area (Å²) in [5.74, 6) is 3.45. The number of rotatable bonds is 18. The summed E-state index contributed by atoms with van der Waals surface area (Å²) in [6.45, 7) is 2.98. The molecule has 2 aromatic heterocycles. The van der Waals surface area contributed by atoms with Crippen LogP contribution < -0.4 is 28.9 Å². The van der Waals surface area contributed by atoms with Gasteiger partial charge in [-0.05, 0) is 76.3 Å².